The Morgan fingerprint density at radius 1 is 1.27 bits per heavy atom. The Kier molecular flexibility index (Phi) is 5.57. The molecule has 2 aromatic carbocycles. The lowest BCUT2D eigenvalue weighted by Gasteiger charge is -2.05. The minimum atomic E-state index is -0.278. The van der Waals surface area contributed by atoms with Gasteiger partial charge in [0.15, 0.2) is 0 Å². The van der Waals surface area contributed by atoms with E-state index < -0.39 is 0 Å². The van der Waals surface area contributed by atoms with Crippen LogP contribution >= 0.6 is 11.3 Å². The lowest BCUT2D eigenvalue weighted by Crippen LogP contribution is -2.02. The summed E-state index contributed by atoms with van der Waals surface area (Å²) in [6.07, 6.45) is 1.59. The Bertz CT molecular complexity index is 968. The van der Waals surface area contributed by atoms with Gasteiger partial charge in [0.25, 0.3) is 0 Å². The van der Waals surface area contributed by atoms with Crippen molar-refractivity contribution in [2.24, 2.45) is 0 Å². The summed E-state index contributed by atoms with van der Waals surface area (Å²) in [7, 11) is 0. The van der Waals surface area contributed by atoms with E-state index in [1.807, 2.05) is 54.8 Å². The molecule has 0 aliphatic carbocycles. The van der Waals surface area contributed by atoms with Crippen LogP contribution in [0.25, 0.3) is 6.08 Å². The van der Waals surface area contributed by atoms with Gasteiger partial charge in [-0.15, -0.1) is 11.3 Å². The third-order valence-electron chi connectivity index (χ3n) is 3.71. The average molecular weight is 360 g/mol. The van der Waals surface area contributed by atoms with E-state index in [9.17, 15) is 10.1 Å². The number of ketones is 1. The number of hydrogen-bond acceptors (Lipinski definition) is 5. The van der Waals surface area contributed by atoms with Gasteiger partial charge in [-0.3, -0.25) is 4.79 Å². The van der Waals surface area contributed by atoms with Crippen molar-refractivity contribution in [1.82, 2.24) is 4.98 Å². The number of nitriles is 1. The molecule has 0 saturated carbocycles. The summed E-state index contributed by atoms with van der Waals surface area (Å²) >= 11 is 1.53. The van der Waals surface area contributed by atoms with Crippen molar-refractivity contribution in [1.29, 1.82) is 5.26 Å². The fourth-order valence-electron chi connectivity index (χ4n) is 2.38. The molecule has 0 aliphatic rings. The second-order valence-corrected chi connectivity index (χ2v) is 6.42. The van der Waals surface area contributed by atoms with Crippen LogP contribution in [0.15, 0.2) is 65.0 Å². The Balaban J connectivity index is 1.72. The molecule has 0 spiro atoms. The van der Waals surface area contributed by atoms with Crippen molar-refractivity contribution >= 4 is 23.2 Å². The smallest absolute Gasteiger partial charge is 0.203 e. The van der Waals surface area contributed by atoms with Crippen LogP contribution in [0.3, 0.4) is 0 Å². The molecule has 3 rings (SSSR count). The summed E-state index contributed by atoms with van der Waals surface area (Å²) in [5.41, 5.74) is 5.02. The van der Waals surface area contributed by atoms with Crippen molar-refractivity contribution in [2.75, 3.05) is 0 Å². The highest BCUT2D eigenvalue weighted by Gasteiger charge is 2.12. The third-order valence-corrected chi connectivity index (χ3v) is 4.34. The highest BCUT2D eigenvalue weighted by atomic mass is 32.1. The van der Waals surface area contributed by atoms with Gasteiger partial charge in [0.1, 0.15) is 24.0 Å². The molecule has 0 unspecified atom stereocenters. The third kappa shape index (κ3) is 4.44. The largest absolute Gasteiger partial charge is 0.487 e. The van der Waals surface area contributed by atoms with E-state index in [0.29, 0.717) is 17.9 Å². The molecule has 1 heterocycles. The Hall–Kier alpha value is -3.23. The first-order chi connectivity index (χ1) is 12.7. The summed E-state index contributed by atoms with van der Waals surface area (Å²) < 4.78 is 5.66. The SMILES string of the molecule is Cc1cccc(C(=O)/C(C#N)=C/c2ccc(OCc3cscn3)cc2)c1. The summed E-state index contributed by atoms with van der Waals surface area (Å²) in [5, 5.41) is 11.3. The summed E-state index contributed by atoms with van der Waals surface area (Å²) in [6.45, 7) is 2.32. The zero-order valence-electron chi connectivity index (χ0n) is 14.2. The Morgan fingerprint density at radius 2 is 2.08 bits per heavy atom. The highest BCUT2D eigenvalue weighted by Crippen LogP contribution is 2.18. The molecule has 0 saturated heterocycles. The van der Waals surface area contributed by atoms with E-state index in [1.54, 1.807) is 23.7 Å². The van der Waals surface area contributed by atoms with Crippen LogP contribution in [0.4, 0.5) is 0 Å². The van der Waals surface area contributed by atoms with E-state index in [1.165, 1.54) is 11.3 Å². The van der Waals surface area contributed by atoms with Crippen molar-refractivity contribution in [2.45, 2.75) is 13.5 Å². The first kappa shape index (κ1) is 17.6. The van der Waals surface area contributed by atoms with E-state index in [0.717, 1.165) is 16.8 Å². The quantitative estimate of drug-likeness (QED) is 0.359. The van der Waals surface area contributed by atoms with Crippen LogP contribution in [0, 0.1) is 18.3 Å². The number of thiazole rings is 1. The summed E-state index contributed by atoms with van der Waals surface area (Å²) in [6, 6.07) is 16.5. The molecule has 26 heavy (non-hydrogen) atoms. The molecule has 0 fully saturated rings. The van der Waals surface area contributed by atoms with Gasteiger partial charge in [-0.25, -0.2) is 4.98 Å². The molecular weight excluding hydrogens is 344 g/mol. The zero-order valence-corrected chi connectivity index (χ0v) is 15.0. The van der Waals surface area contributed by atoms with E-state index in [2.05, 4.69) is 4.98 Å². The second kappa shape index (κ2) is 8.24. The minimum Gasteiger partial charge on any atom is -0.487 e. The maximum atomic E-state index is 12.5. The molecule has 0 bridgehead atoms. The van der Waals surface area contributed by atoms with Gasteiger partial charge in [-0.1, -0.05) is 35.9 Å². The second-order valence-electron chi connectivity index (χ2n) is 5.71. The number of ether oxygens (including phenoxy) is 1. The molecule has 128 valence electrons. The first-order valence-electron chi connectivity index (χ1n) is 7.99. The summed E-state index contributed by atoms with van der Waals surface area (Å²) in [5.74, 6) is 0.429. The number of aromatic nitrogens is 1. The monoisotopic (exact) mass is 360 g/mol. The molecule has 3 aromatic rings. The molecule has 0 amide bonds. The van der Waals surface area contributed by atoms with E-state index in [4.69, 9.17) is 4.74 Å². The molecule has 0 radical (unpaired) electrons. The number of Topliss-reactive ketones (excluding diaryl/α,β-unsaturated/α-hetero) is 1. The number of carbonyl (C=O) groups is 1. The fourth-order valence-corrected chi connectivity index (χ4v) is 2.93. The molecule has 0 atom stereocenters. The normalized spacial score (nSPS) is 11.0. The molecule has 0 aliphatic heterocycles. The molecule has 0 N–H and O–H groups in total. The zero-order chi connectivity index (χ0) is 18.4. The van der Waals surface area contributed by atoms with Gasteiger partial charge in [-0.2, -0.15) is 5.26 Å². The number of benzene rings is 2. The van der Waals surface area contributed by atoms with Gasteiger partial charge in [0, 0.05) is 10.9 Å². The molecule has 5 heteroatoms. The molecular formula is C21H16N2O2S. The molecule has 4 nitrogen and oxygen atoms in total. The van der Waals surface area contributed by atoms with Crippen molar-refractivity contribution in [3.05, 3.63) is 87.4 Å². The van der Waals surface area contributed by atoms with Crippen LogP contribution in [-0.2, 0) is 6.61 Å². The van der Waals surface area contributed by atoms with Crippen LogP contribution in [0.1, 0.15) is 27.2 Å². The highest BCUT2D eigenvalue weighted by molar-refractivity contribution is 7.07. The van der Waals surface area contributed by atoms with Gasteiger partial charge in [0.2, 0.25) is 5.78 Å². The first-order valence-corrected chi connectivity index (χ1v) is 8.93. The Morgan fingerprint density at radius 3 is 2.73 bits per heavy atom. The molecule has 1 aromatic heterocycles. The van der Waals surface area contributed by atoms with E-state index >= 15 is 0 Å². The average Bonchev–Trinajstić information content (AvgIpc) is 3.18. The lowest BCUT2D eigenvalue weighted by atomic mass is 10.0. The van der Waals surface area contributed by atoms with Crippen LogP contribution < -0.4 is 4.74 Å². The maximum Gasteiger partial charge on any atom is 0.203 e. The van der Waals surface area contributed by atoms with Crippen LogP contribution in [0.2, 0.25) is 0 Å². The van der Waals surface area contributed by atoms with Crippen molar-refractivity contribution in [3.63, 3.8) is 0 Å². The number of hydrogen-bond donors (Lipinski definition) is 0. The fraction of sp³-hybridized carbons (Fsp3) is 0.0952. The van der Waals surface area contributed by atoms with Crippen LogP contribution in [-0.4, -0.2) is 10.8 Å². The minimum absolute atomic E-state index is 0.103. The van der Waals surface area contributed by atoms with Gasteiger partial charge < -0.3 is 4.74 Å². The van der Waals surface area contributed by atoms with E-state index in [-0.39, 0.29) is 11.4 Å². The predicted molar refractivity (Wildman–Crippen MR) is 102 cm³/mol. The Labute approximate surface area is 156 Å². The standard InChI is InChI=1S/C21H16N2O2S/c1-15-3-2-4-17(9-15)21(24)18(11-22)10-16-5-7-20(8-6-16)25-12-19-13-26-14-23-19/h2-10,13-14H,12H2,1H3/b18-10+. The number of nitrogens with zero attached hydrogens (tertiary/aromatic N) is 2. The number of rotatable bonds is 6. The topological polar surface area (TPSA) is 63.0 Å². The number of aryl methyl sites for hydroxylation is 1. The van der Waals surface area contributed by atoms with Crippen molar-refractivity contribution in [3.8, 4) is 11.8 Å². The van der Waals surface area contributed by atoms with Gasteiger partial charge >= 0.3 is 0 Å². The van der Waals surface area contributed by atoms with Crippen molar-refractivity contribution < 1.29 is 9.53 Å². The predicted octanol–water partition coefficient (Wildman–Crippen LogP) is 4.82. The number of allylic oxidation sites excluding steroid dienone is 1. The van der Waals surface area contributed by atoms with Crippen LogP contribution in [0.5, 0.6) is 5.75 Å². The summed E-state index contributed by atoms with van der Waals surface area (Å²) in [4.78, 5) is 16.7. The van der Waals surface area contributed by atoms with Gasteiger partial charge in [0.05, 0.1) is 11.2 Å². The lowest BCUT2D eigenvalue weighted by molar-refractivity contribution is 0.104. The maximum absolute atomic E-state index is 12.5. The van der Waals surface area contributed by atoms with Gasteiger partial charge in [-0.05, 0) is 36.8 Å². The number of carbonyl (C=O) groups excluding carboxylic acids is 1.